The Balaban J connectivity index is 1.58. The van der Waals surface area contributed by atoms with Gasteiger partial charge in [-0.05, 0) is 74.5 Å². The molecule has 23 heavy (non-hydrogen) atoms. The van der Waals surface area contributed by atoms with Crippen LogP contribution < -0.4 is 0 Å². The van der Waals surface area contributed by atoms with Crippen LogP contribution in [0.3, 0.4) is 0 Å². The highest BCUT2D eigenvalue weighted by molar-refractivity contribution is 5.75. The fourth-order valence-corrected chi connectivity index (χ4v) is 8.38. The van der Waals surface area contributed by atoms with Gasteiger partial charge >= 0.3 is 5.97 Å². The van der Waals surface area contributed by atoms with Gasteiger partial charge in [0.25, 0.3) is 0 Å². The van der Waals surface area contributed by atoms with Gasteiger partial charge in [-0.1, -0.05) is 20.3 Å². The van der Waals surface area contributed by atoms with Crippen molar-refractivity contribution in [2.24, 2.45) is 33.5 Å². The zero-order valence-electron chi connectivity index (χ0n) is 14.7. The van der Waals surface area contributed by atoms with Crippen molar-refractivity contribution in [3.05, 3.63) is 0 Å². The number of ether oxygens (including phenoxy) is 1. The van der Waals surface area contributed by atoms with Crippen molar-refractivity contribution >= 4 is 5.97 Å². The molecule has 0 amide bonds. The highest BCUT2D eigenvalue weighted by Crippen LogP contribution is 2.77. The maximum absolute atomic E-state index is 12.1. The molecule has 5 aliphatic rings. The van der Waals surface area contributed by atoms with E-state index < -0.39 is 11.4 Å². The van der Waals surface area contributed by atoms with Crippen LogP contribution in [-0.2, 0) is 9.53 Å². The molecule has 1 saturated heterocycles. The lowest BCUT2D eigenvalue weighted by Crippen LogP contribution is -2.60. The molecule has 3 nitrogen and oxygen atoms in total. The summed E-state index contributed by atoms with van der Waals surface area (Å²) in [6, 6.07) is 0. The molecule has 1 N–H and O–H groups in total. The topological polar surface area (TPSA) is 49.8 Å². The van der Waals surface area contributed by atoms with Crippen LogP contribution in [0.2, 0.25) is 0 Å². The first-order valence-electron chi connectivity index (χ1n) is 9.65. The van der Waals surface area contributed by atoms with Gasteiger partial charge in [-0.25, -0.2) is 0 Å². The molecule has 5 rings (SSSR count). The smallest absolute Gasteiger partial charge is 0.309 e. The van der Waals surface area contributed by atoms with E-state index in [9.17, 15) is 9.90 Å². The van der Waals surface area contributed by atoms with E-state index in [0.29, 0.717) is 34.9 Å². The Labute approximate surface area is 139 Å². The molecule has 3 heteroatoms. The lowest BCUT2D eigenvalue weighted by Gasteiger charge is -2.64. The zero-order valence-corrected chi connectivity index (χ0v) is 14.7. The molecule has 1 spiro atoms. The summed E-state index contributed by atoms with van der Waals surface area (Å²) in [6.07, 6.45) is 10.4. The van der Waals surface area contributed by atoms with Crippen molar-refractivity contribution in [3.63, 3.8) is 0 Å². The van der Waals surface area contributed by atoms with E-state index in [1.807, 2.05) is 6.92 Å². The standard InChI is InChI=1S/C20H30O3/c1-17-9-5-13-18(2)7-4-8-19(3,16(21)22)12(18)6-10-20(13,11-17)15-14(17)23-15/h12-15H,4-11H2,1-3H3,(H,21,22)/t12-,13-,14+,15-,17-,18+,19+,20-/m0/s1. The second-order valence-electron chi connectivity index (χ2n) is 10.3. The molecule has 1 aliphatic heterocycles. The van der Waals surface area contributed by atoms with Gasteiger partial charge in [0.15, 0.2) is 0 Å². The number of carboxylic acid groups (broad SMARTS) is 1. The molecular weight excluding hydrogens is 288 g/mol. The molecule has 8 atom stereocenters. The van der Waals surface area contributed by atoms with Crippen molar-refractivity contribution in [3.8, 4) is 0 Å². The Kier molecular flexibility index (Phi) is 2.55. The van der Waals surface area contributed by atoms with E-state index in [2.05, 4.69) is 13.8 Å². The molecule has 0 unspecified atom stereocenters. The lowest BCUT2D eigenvalue weighted by molar-refractivity contribution is -0.191. The summed E-state index contributed by atoms with van der Waals surface area (Å²) >= 11 is 0. The third-order valence-electron chi connectivity index (χ3n) is 9.34. The number of hydrogen-bond acceptors (Lipinski definition) is 2. The second-order valence-corrected chi connectivity index (χ2v) is 10.3. The highest BCUT2D eigenvalue weighted by atomic mass is 16.6. The summed E-state index contributed by atoms with van der Waals surface area (Å²) in [4.78, 5) is 12.1. The normalized spacial score (nSPS) is 62.9. The molecule has 0 aromatic heterocycles. The van der Waals surface area contributed by atoms with Gasteiger partial charge in [0, 0.05) is 5.41 Å². The summed E-state index contributed by atoms with van der Waals surface area (Å²) in [5.41, 5.74) is 0.471. The molecule has 0 aromatic carbocycles. The summed E-state index contributed by atoms with van der Waals surface area (Å²) < 4.78 is 6.19. The van der Waals surface area contributed by atoms with Gasteiger partial charge in [-0.3, -0.25) is 4.79 Å². The summed E-state index contributed by atoms with van der Waals surface area (Å²) in [7, 11) is 0. The predicted octanol–water partition coefficient (Wildman–Crippen LogP) is 4.25. The van der Waals surface area contributed by atoms with Crippen molar-refractivity contribution in [1.29, 1.82) is 0 Å². The maximum Gasteiger partial charge on any atom is 0.309 e. The molecule has 4 aliphatic carbocycles. The van der Waals surface area contributed by atoms with Crippen LogP contribution in [0.15, 0.2) is 0 Å². The Morgan fingerprint density at radius 1 is 1.00 bits per heavy atom. The lowest BCUT2D eigenvalue weighted by atomic mass is 9.40. The van der Waals surface area contributed by atoms with E-state index in [-0.39, 0.29) is 5.41 Å². The molecular formula is C20H30O3. The van der Waals surface area contributed by atoms with Crippen molar-refractivity contribution < 1.29 is 14.6 Å². The molecule has 4 saturated carbocycles. The Morgan fingerprint density at radius 2 is 1.74 bits per heavy atom. The van der Waals surface area contributed by atoms with Crippen LogP contribution in [0.5, 0.6) is 0 Å². The van der Waals surface area contributed by atoms with E-state index >= 15 is 0 Å². The number of epoxide rings is 1. The number of rotatable bonds is 1. The monoisotopic (exact) mass is 318 g/mol. The number of carboxylic acids is 1. The molecule has 0 radical (unpaired) electrons. The second kappa shape index (κ2) is 3.98. The van der Waals surface area contributed by atoms with Crippen LogP contribution >= 0.6 is 0 Å². The van der Waals surface area contributed by atoms with E-state index in [4.69, 9.17) is 4.74 Å². The average Bonchev–Trinajstić information content (AvgIpc) is 3.25. The molecule has 0 aromatic rings. The fraction of sp³-hybridized carbons (Fsp3) is 0.950. The SMILES string of the molecule is C[C@]12CC[C@H]3[C@]4(C)CCC[C@@](C)(C(=O)O)[C@H]4CC[C@@]3(C1)[C@H]1O[C@H]12. The molecule has 1 heterocycles. The Bertz CT molecular complexity index is 587. The minimum absolute atomic E-state index is 0.200. The predicted molar refractivity (Wildman–Crippen MR) is 87.0 cm³/mol. The van der Waals surface area contributed by atoms with Crippen molar-refractivity contribution in [2.75, 3.05) is 0 Å². The fourth-order valence-electron chi connectivity index (χ4n) is 8.38. The first-order chi connectivity index (χ1) is 10.8. The third-order valence-corrected chi connectivity index (χ3v) is 9.34. The highest BCUT2D eigenvalue weighted by Gasteiger charge is 2.77. The van der Waals surface area contributed by atoms with Gasteiger partial charge in [-0.15, -0.1) is 0 Å². The van der Waals surface area contributed by atoms with Gasteiger partial charge in [0.2, 0.25) is 0 Å². The van der Waals surface area contributed by atoms with E-state index in [0.717, 1.165) is 19.3 Å². The molecule has 128 valence electrons. The third kappa shape index (κ3) is 1.50. The quantitative estimate of drug-likeness (QED) is 0.735. The number of fused-ring (bicyclic) bond motifs is 5. The van der Waals surface area contributed by atoms with Crippen LogP contribution in [0, 0.1) is 33.5 Å². The maximum atomic E-state index is 12.1. The number of carbonyl (C=O) groups is 1. The zero-order chi connectivity index (χ0) is 16.3. The van der Waals surface area contributed by atoms with E-state index in [1.54, 1.807) is 0 Å². The van der Waals surface area contributed by atoms with Crippen LogP contribution in [0.4, 0.5) is 0 Å². The number of hydrogen-bond donors (Lipinski definition) is 1. The van der Waals surface area contributed by atoms with Crippen LogP contribution in [-0.4, -0.2) is 23.3 Å². The van der Waals surface area contributed by atoms with Gasteiger partial charge in [-0.2, -0.15) is 0 Å². The largest absolute Gasteiger partial charge is 0.481 e. The van der Waals surface area contributed by atoms with Crippen LogP contribution in [0.1, 0.15) is 72.1 Å². The Hall–Kier alpha value is -0.570. The Morgan fingerprint density at radius 3 is 2.48 bits per heavy atom. The van der Waals surface area contributed by atoms with Crippen molar-refractivity contribution in [2.45, 2.75) is 84.3 Å². The van der Waals surface area contributed by atoms with Gasteiger partial charge in [0.1, 0.15) is 0 Å². The minimum Gasteiger partial charge on any atom is -0.481 e. The summed E-state index contributed by atoms with van der Waals surface area (Å²) in [6.45, 7) is 6.93. The van der Waals surface area contributed by atoms with E-state index in [1.165, 1.54) is 32.1 Å². The van der Waals surface area contributed by atoms with Gasteiger partial charge < -0.3 is 9.84 Å². The first-order valence-corrected chi connectivity index (χ1v) is 9.65. The molecule has 2 bridgehead atoms. The minimum atomic E-state index is -0.558. The average molecular weight is 318 g/mol. The van der Waals surface area contributed by atoms with Crippen molar-refractivity contribution in [1.82, 2.24) is 0 Å². The summed E-state index contributed by atoms with van der Waals surface area (Å²) in [5, 5.41) is 9.95. The molecule has 5 fully saturated rings. The summed E-state index contributed by atoms with van der Waals surface area (Å²) in [5.74, 6) is 0.467. The van der Waals surface area contributed by atoms with Crippen LogP contribution in [0.25, 0.3) is 0 Å². The number of aliphatic carboxylic acids is 1. The van der Waals surface area contributed by atoms with Gasteiger partial charge in [0.05, 0.1) is 17.6 Å². The first kappa shape index (κ1) is 14.7.